The molecule has 0 radical (unpaired) electrons. The van der Waals surface area contributed by atoms with Crippen molar-refractivity contribution >= 4 is 22.9 Å². The number of non-ortho nitro benzene ring substituents is 1. The predicted octanol–water partition coefficient (Wildman–Crippen LogP) is 5.51. The SMILES string of the molecule is COc1ccccc1Oc1cc(NC(=O)c2cc3nc(C4CC4)cc(C(F)F)n3n2)cc([N+](=O)[O-])c1. The summed E-state index contributed by atoms with van der Waals surface area (Å²) in [5.41, 5.74) is -0.138. The number of carbonyl (C=O) groups excluding carboxylic acids is 1. The normalized spacial score (nSPS) is 13.1. The Balaban J connectivity index is 1.45. The largest absolute Gasteiger partial charge is 0.493 e. The van der Waals surface area contributed by atoms with Gasteiger partial charge < -0.3 is 14.8 Å². The van der Waals surface area contributed by atoms with Crippen LogP contribution in [-0.2, 0) is 0 Å². The van der Waals surface area contributed by atoms with Crippen LogP contribution >= 0.6 is 0 Å². The number of fused-ring (bicyclic) bond motifs is 1. The van der Waals surface area contributed by atoms with Gasteiger partial charge in [-0.05, 0) is 31.0 Å². The molecule has 0 bridgehead atoms. The van der Waals surface area contributed by atoms with Gasteiger partial charge in [0.1, 0.15) is 11.4 Å². The van der Waals surface area contributed by atoms with Crippen molar-refractivity contribution in [1.82, 2.24) is 14.6 Å². The number of alkyl halides is 2. The minimum absolute atomic E-state index is 0.0527. The molecule has 1 aliphatic rings. The average molecular weight is 495 g/mol. The van der Waals surface area contributed by atoms with E-state index >= 15 is 0 Å². The van der Waals surface area contributed by atoms with Gasteiger partial charge in [-0.2, -0.15) is 5.10 Å². The minimum atomic E-state index is -2.81. The number of benzene rings is 2. The number of aromatic nitrogens is 3. The zero-order valence-electron chi connectivity index (χ0n) is 18.9. The number of nitro groups is 1. The molecule has 0 unspecified atom stereocenters. The first-order valence-electron chi connectivity index (χ1n) is 10.9. The van der Waals surface area contributed by atoms with Crippen molar-refractivity contribution in [2.45, 2.75) is 25.2 Å². The second-order valence-corrected chi connectivity index (χ2v) is 8.16. The number of carbonyl (C=O) groups is 1. The molecule has 10 nitrogen and oxygen atoms in total. The molecule has 0 saturated heterocycles. The zero-order valence-corrected chi connectivity index (χ0v) is 18.9. The van der Waals surface area contributed by atoms with Gasteiger partial charge in [0, 0.05) is 29.8 Å². The number of para-hydroxylation sites is 2. The molecule has 1 N–H and O–H groups in total. The number of nitro benzene ring substituents is 1. The monoisotopic (exact) mass is 495 g/mol. The lowest BCUT2D eigenvalue weighted by atomic mass is 10.2. The third kappa shape index (κ3) is 4.65. The van der Waals surface area contributed by atoms with Crippen LogP contribution < -0.4 is 14.8 Å². The second-order valence-electron chi connectivity index (χ2n) is 8.16. The molecule has 2 aromatic heterocycles. The molecule has 12 heteroatoms. The summed E-state index contributed by atoms with van der Waals surface area (Å²) in [7, 11) is 1.46. The second kappa shape index (κ2) is 9.21. The number of methoxy groups -OCH3 is 1. The fourth-order valence-electron chi connectivity index (χ4n) is 3.72. The van der Waals surface area contributed by atoms with Crippen molar-refractivity contribution in [3.05, 3.63) is 81.8 Å². The molecular formula is C24H19F2N5O5. The van der Waals surface area contributed by atoms with Crippen molar-refractivity contribution in [3.8, 4) is 17.2 Å². The van der Waals surface area contributed by atoms with Crippen LogP contribution in [0, 0.1) is 10.1 Å². The van der Waals surface area contributed by atoms with Crippen LogP contribution in [0.5, 0.6) is 17.2 Å². The molecule has 1 fully saturated rings. The fourth-order valence-corrected chi connectivity index (χ4v) is 3.72. The van der Waals surface area contributed by atoms with Gasteiger partial charge in [-0.3, -0.25) is 14.9 Å². The Bertz CT molecular complexity index is 1490. The number of amides is 1. The summed E-state index contributed by atoms with van der Waals surface area (Å²) in [4.78, 5) is 28.1. The van der Waals surface area contributed by atoms with Crippen LogP contribution in [-0.4, -0.2) is 32.5 Å². The van der Waals surface area contributed by atoms with Crippen LogP contribution in [0.1, 0.15) is 47.1 Å². The topological polar surface area (TPSA) is 121 Å². The van der Waals surface area contributed by atoms with Gasteiger partial charge in [0.05, 0.1) is 23.8 Å². The molecule has 5 rings (SSSR count). The Morgan fingerprint density at radius 3 is 2.58 bits per heavy atom. The van der Waals surface area contributed by atoms with Crippen molar-refractivity contribution < 1.29 is 28.0 Å². The van der Waals surface area contributed by atoms with Crippen LogP contribution in [0.3, 0.4) is 0 Å². The molecule has 2 heterocycles. The standard InChI is InChI=1S/C24H19F2N5O5/c1-35-20-4-2-3-5-21(20)36-16-9-14(8-15(10-16)31(33)34)27-24(32)18-12-22-28-17(13-6-7-13)11-19(23(25)26)30(22)29-18/h2-5,8-13,23H,6-7H2,1H3,(H,27,32). The molecule has 0 aliphatic heterocycles. The minimum Gasteiger partial charge on any atom is -0.493 e. The summed E-state index contributed by atoms with van der Waals surface area (Å²) in [6.07, 6.45) is -1.06. The smallest absolute Gasteiger partial charge is 0.280 e. The molecule has 0 spiro atoms. The number of nitrogens with zero attached hydrogens (tertiary/aromatic N) is 4. The quantitative estimate of drug-likeness (QED) is 0.253. The van der Waals surface area contributed by atoms with Gasteiger partial charge in [0.2, 0.25) is 0 Å². The number of nitrogens with one attached hydrogen (secondary N) is 1. The number of rotatable bonds is 8. The van der Waals surface area contributed by atoms with Gasteiger partial charge in [0.15, 0.2) is 22.8 Å². The summed E-state index contributed by atoms with van der Waals surface area (Å²) >= 11 is 0. The molecule has 0 atom stereocenters. The van der Waals surface area contributed by atoms with E-state index in [0.29, 0.717) is 17.2 Å². The first-order chi connectivity index (χ1) is 17.3. The van der Waals surface area contributed by atoms with E-state index in [1.807, 2.05) is 0 Å². The molecule has 36 heavy (non-hydrogen) atoms. The van der Waals surface area contributed by atoms with Gasteiger partial charge in [0.25, 0.3) is 18.0 Å². The van der Waals surface area contributed by atoms with Crippen LogP contribution in [0.4, 0.5) is 20.2 Å². The highest BCUT2D eigenvalue weighted by atomic mass is 19.3. The lowest BCUT2D eigenvalue weighted by molar-refractivity contribution is -0.384. The summed E-state index contributed by atoms with van der Waals surface area (Å²) < 4.78 is 39.2. The lowest BCUT2D eigenvalue weighted by Gasteiger charge is -2.11. The van der Waals surface area contributed by atoms with E-state index in [1.165, 1.54) is 31.4 Å². The van der Waals surface area contributed by atoms with Gasteiger partial charge in [-0.25, -0.2) is 18.3 Å². The molecule has 2 aromatic carbocycles. The predicted molar refractivity (Wildman–Crippen MR) is 124 cm³/mol. The first-order valence-corrected chi connectivity index (χ1v) is 10.9. The number of hydrogen-bond acceptors (Lipinski definition) is 7. The number of halogens is 2. The number of anilines is 1. The Kier molecular flexibility index (Phi) is 5.92. The van der Waals surface area contributed by atoms with Crippen molar-refractivity contribution in [3.63, 3.8) is 0 Å². The van der Waals surface area contributed by atoms with Crippen molar-refractivity contribution in [1.29, 1.82) is 0 Å². The molecule has 184 valence electrons. The summed E-state index contributed by atoms with van der Waals surface area (Å²) in [5, 5.41) is 18.0. The Labute approximate surface area is 202 Å². The maximum Gasteiger partial charge on any atom is 0.280 e. The highest BCUT2D eigenvalue weighted by molar-refractivity contribution is 6.03. The van der Waals surface area contributed by atoms with E-state index in [4.69, 9.17) is 9.47 Å². The van der Waals surface area contributed by atoms with E-state index in [2.05, 4.69) is 15.4 Å². The summed E-state index contributed by atoms with van der Waals surface area (Å²) in [6, 6.07) is 13.1. The van der Waals surface area contributed by atoms with E-state index in [0.717, 1.165) is 23.4 Å². The summed E-state index contributed by atoms with van der Waals surface area (Å²) in [5.74, 6) is 0.181. The van der Waals surface area contributed by atoms with E-state index in [1.54, 1.807) is 24.3 Å². The molecule has 1 amide bonds. The maximum atomic E-state index is 13.6. The molecule has 1 aliphatic carbocycles. The third-order valence-corrected chi connectivity index (χ3v) is 5.58. The van der Waals surface area contributed by atoms with Crippen LogP contribution in [0.15, 0.2) is 54.6 Å². The van der Waals surface area contributed by atoms with E-state index in [9.17, 15) is 23.7 Å². The Hall–Kier alpha value is -4.61. The molecule has 4 aromatic rings. The Morgan fingerprint density at radius 1 is 1.17 bits per heavy atom. The molecular weight excluding hydrogens is 476 g/mol. The lowest BCUT2D eigenvalue weighted by Crippen LogP contribution is -2.13. The Morgan fingerprint density at radius 2 is 1.92 bits per heavy atom. The highest BCUT2D eigenvalue weighted by Gasteiger charge is 2.28. The number of ether oxygens (including phenoxy) is 2. The maximum absolute atomic E-state index is 13.6. The molecule has 1 saturated carbocycles. The van der Waals surface area contributed by atoms with Gasteiger partial charge in [-0.1, -0.05) is 12.1 Å². The first kappa shape index (κ1) is 23.1. The van der Waals surface area contributed by atoms with E-state index in [-0.39, 0.29) is 40.1 Å². The zero-order chi connectivity index (χ0) is 25.4. The van der Waals surface area contributed by atoms with Crippen LogP contribution in [0.25, 0.3) is 5.65 Å². The van der Waals surface area contributed by atoms with Gasteiger partial charge >= 0.3 is 0 Å². The fraction of sp³-hybridized carbons (Fsp3) is 0.208. The third-order valence-electron chi connectivity index (χ3n) is 5.58. The highest BCUT2D eigenvalue weighted by Crippen LogP contribution is 2.40. The average Bonchev–Trinajstić information content (AvgIpc) is 3.61. The van der Waals surface area contributed by atoms with Crippen molar-refractivity contribution in [2.24, 2.45) is 0 Å². The summed E-state index contributed by atoms with van der Waals surface area (Å²) in [6.45, 7) is 0. The van der Waals surface area contributed by atoms with Crippen LogP contribution in [0.2, 0.25) is 0 Å². The van der Waals surface area contributed by atoms with Gasteiger partial charge in [-0.15, -0.1) is 0 Å². The number of hydrogen-bond donors (Lipinski definition) is 1. The van der Waals surface area contributed by atoms with Crippen molar-refractivity contribution in [2.75, 3.05) is 12.4 Å². The van der Waals surface area contributed by atoms with E-state index < -0.39 is 17.3 Å².